The number of imidazole rings is 1. The SMILES string of the molecule is CCCSSCc1c(C)c(OC)c(C)c[n+]1-c1nc2ccccc2[nH]1. The van der Waals surface area contributed by atoms with Gasteiger partial charge < -0.3 is 4.74 Å². The minimum Gasteiger partial charge on any atom is -0.496 e. The molecule has 3 aromatic rings. The Labute approximate surface area is 156 Å². The Morgan fingerprint density at radius 3 is 2.72 bits per heavy atom. The minimum atomic E-state index is 0.853. The average molecular weight is 375 g/mol. The lowest BCUT2D eigenvalue weighted by molar-refractivity contribution is -0.611. The van der Waals surface area contributed by atoms with E-state index in [4.69, 9.17) is 9.72 Å². The Hall–Kier alpha value is -1.66. The monoisotopic (exact) mass is 374 g/mol. The highest BCUT2D eigenvalue weighted by atomic mass is 33.1. The van der Waals surface area contributed by atoms with Gasteiger partial charge in [-0.05, 0) is 32.4 Å². The van der Waals surface area contributed by atoms with Crippen LogP contribution in [-0.2, 0) is 5.75 Å². The minimum absolute atomic E-state index is 0.853. The summed E-state index contributed by atoms with van der Waals surface area (Å²) in [6, 6.07) is 8.13. The fourth-order valence-electron chi connectivity index (χ4n) is 2.91. The van der Waals surface area contributed by atoms with Gasteiger partial charge in [0.15, 0.2) is 5.52 Å². The lowest BCUT2D eigenvalue weighted by Crippen LogP contribution is -2.38. The van der Waals surface area contributed by atoms with Crippen molar-refractivity contribution in [1.29, 1.82) is 0 Å². The van der Waals surface area contributed by atoms with Gasteiger partial charge in [-0.25, -0.2) is 9.55 Å². The van der Waals surface area contributed by atoms with E-state index >= 15 is 0 Å². The molecular weight excluding hydrogens is 350 g/mol. The van der Waals surface area contributed by atoms with Gasteiger partial charge in [-0.15, -0.1) is 0 Å². The molecule has 4 nitrogen and oxygen atoms in total. The van der Waals surface area contributed by atoms with E-state index in [2.05, 4.69) is 42.6 Å². The van der Waals surface area contributed by atoms with Gasteiger partial charge in [-0.3, -0.25) is 0 Å². The average Bonchev–Trinajstić information content (AvgIpc) is 3.04. The quantitative estimate of drug-likeness (QED) is 0.368. The van der Waals surface area contributed by atoms with E-state index < -0.39 is 0 Å². The molecule has 0 radical (unpaired) electrons. The second-order valence-corrected chi connectivity index (χ2v) is 8.53. The van der Waals surface area contributed by atoms with E-state index in [0.29, 0.717) is 0 Å². The van der Waals surface area contributed by atoms with Crippen LogP contribution in [0.2, 0.25) is 0 Å². The molecule has 0 amide bonds. The Morgan fingerprint density at radius 1 is 1.20 bits per heavy atom. The number of aromatic amines is 1. The smallest absolute Gasteiger partial charge is 0.402 e. The molecule has 0 saturated carbocycles. The van der Waals surface area contributed by atoms with Crippen molar-refractivity contribution in [3.05, 3.63) is 47.3 Å². The zero-order valence-electron chi connectivity index (χ0n) is 15.1. The van der Waals surface area contributed by atoms with Crippen LogP contribution >= 0.6 is 21.6 Å². The molecule has 1 aromatic carbocycles. The molecular formula is C19H24N3OS2+. The molecule has 0 unspecified atom stereocenters. The number of rotatable bonds is 7. The van der Waals surface area contributed by atoms with Gasteiger partial charge >= 0.3 is 5.95 Å². The number of aryl methyl sites for hydroxylation is 1. The number of aromatic nitrogens is 3. The molecule has 132 valence electrons. The highest BCUT2D eigenvalue weighted by Crippen LogP contribution is 2.31. The zero-order chi connectivity index (χ0) is 17.8. The normalized spacial score (nSPS) is 11.2. The topological polar surface area (TPSA) is 41.8 Å². The molecule has 0 aliphatic rings. The molecule has 0 fully saturated rings. The van der Waals surface area contributed by atoms with Crippen molar-refractivity contribution < 1.29 is 9.30 Å². The maximum Gasteiger partial charge on any atom is 0.402 e. The van der Waals surface area contributed by atoms with Crippen LogP contribution in [0.3, 0.4) is 0 Å². The van der Waals surface area contributed by atoms with Crippen molar-refractivity contribution in [3.8, 4) is 11.7 Å². The maximum absolute atomic E-state index is 5.63. The summed E-state index contributed by atoms with van der Waals surface area (Å²) in [4.78, 5) is 8.22. The number of hydrogen-bond acceptors (Lipinski definition) is 4. The van der Waals surface area contributed by atoms with Crippen molar-refractivity contribution in [1.82, 2.24) is 9.97 Å². The maximum atomic E-state index is 5.63. The zero-order valence-corrected chi connectivity index (χ0v) is 16.8. The highest BCUT2D eigenvalue weighted by molar-refractivity contribution is 8.76. The first-order chi connectivity index (χ1) is 12.2. The predicted molar refractivity (Wildman–Crippen MR) is 108 cm³/mol. The van der Waals surface area contributed by atoms with Crippen molar-refractivity contribution in [2.45, 2.75) is 32.9 Å². The molecule has 25 heavy (non-hydrogen) atoms. The fourth-order valence-corrected chi connectivity index (χ4v) is 5.19. The summed E-state index contributed by atoms with van der Waals surface area (Å²) in [5.41, 5.74) is 5.53. The summed E-state index contributed by atoms with van der Waals surface area (Å²) in [6.07, 6.45) is 3.31. The molecule has 6 heteroatoms. The number of benzene rings is 1. The summed E-state index contributed by atoms with van der Waals surface area (Å²) < 4.78 is 7.81. The van der Waals surface area contributed by atoms with E-state index in [-0.39, 0.29) is 0 Å². The number of fused-ring (bicyclic) bond motifs is 1. The van der Waals surface area contributed by atoms with Crippen LogP contribution in [0.15, 0.2) is 30.5 Å². The molecule has 2 aromatic heterocycles. The molecule has 0 bridgehead atoms. The third-order valence-electron chi connectivity index (χ3n) is 4.12. The van der Waals surface area contributed by atoms with Crippen LogP contribution in [0, 0.1) is 13.8 Å². The van der Waals surface area contributed by atoms with E-state index in [1.165, 1.54) is 17.7 Å². The Bertz CT molecular complexity index is 843. The van der Waals surface area contributed by atoms with E-state index in [1.807, 2.05) is 39.8 Å². The molecule has 3 rings (SSSR count). The first-order valence-electron chi connectivity index (χ1n) is 8.44. The van der Waals surface area contributed by atoms with Gasteiger partial charge in [0.1, 0.15) is 17.0 Å². The largest absolute Gasteiger partial charge is 0.496 e. The Balaban J connectivity index is 2.06. The summed E-state index contributed by atoms with van der Waals surface area (Å²) in [7, 11) is 5.54. The van der Waals surface area contributed by atoms with Crippen molar-refractivity contribution in [2.24, 2.45) is 0 Å². The summed E-state index contributed by atoms with van der Waals surface area (Å²) in [5, 5.41) is 0. The lowest BCUT2D eigenvalue weighted by atomic mass is 10.1. The fraction of sp³-hybridized carbons (Fsp3) is 0.368. The number of nitrogens with zero attached hydrogens (tertiary/aromatic N) is 2. The van der Waals surface area contributed by atoms with Crippen molar-refractivity contribution in [3.63, 3.8) is 0 Å². The number of hydrogen-bond donors (Lipinski definition) is 1. The van der Waals surface area contributed by atoms with Gasteiger partial charge in [0.05, 0.1) is 19.1 Å². The number of ether oxygens (including phenoxy) is 1. The van der Waals surface area contributed by atoms with E-state index in [0.717, 1.165) is 39.8 Å². The summed E-state index contributed by atoms with van der Waals surface area (Å²) >= 11 is 0. The third kappa shape index (κ3) is 3.80. The van der Waals surface area contributed by atoms with Gasteiger partial charge in [-0.2, -0.15) is 0 Å². The number of nitrogens with one attached hydrogen (secondary N) is 1. The van der Waals surface area contributed by atoms with Crippen molar-refractivity contribution >= 4 is 32.6 Å². The predicted octanol–water partition coefficient (Wildman–Crippen LogP) is 4.76. The summed E-state index contributed by atoms with van der Waals surface area (Å²) in [6.45, 7) is 6.42. The van der Waals surface area contributed by atoms with Crippen LogP contribution in [0.1, 0.15) is 30.2 Å². The number of para-hydroxylation sites is 2. The summed E-state index contributed by atoms with van der Waals surface area (Å²) in [5.74, 6) is 3.89. The van der Waals surface area contributed by atoms with Crippen LogP contribution in [-0.4, -0.2) is 22.8 Å². The number of H-pyrrole nitrogens is 1. The Morgan fingerprint density at radius 2 is 2.00 bits per heavy atom. The van der Waals surface area contributed by atoms with Crippen LogP contribution < -0.4 is 9.30 Å². The molecule has 0 spiro atoms. The molecule has 2 heterocycles. The van der Waals surface area contributed by atoms with Crippen molar-refractivity contribution in [2.75, 3.05) is 12.9 Å². The highest BCUT2D eigenvalue weighted by Gasteiger charge is 2.22. The van der Waals surface area contributed by atoms with Gasteiger partial charge in [-0.1, -0.05) is 45.6 Å². The number of pyridine rings is 1. The van der Waals surface area contributed by atoms with E-state index in [1.54, 1.807) is 7.11 Å². The van der Waals surface area contributed by atoms with E-state index in [9.17, 15) is 0 Å². The molecule has 0 saturated heterocycles. The number of methoxy groups -OCH3 is 1. The Kier molecular flexibility index (Phi) is 5.91. The van der Waals surface area contributed by atoms with Gasteiger partial charge in [0.2, 0.25) is 0 Å². The molecule has 0 atom stereocenters. The van der Waals surface area contributed by atoms with Gasteiger partial charge in [0, 0.05) is 16.9 Å². The van der Waals surface area contributed by atoms with Crippen LogP contribution in [0.4, 0.5) is 0 Å². The third-order valence-corrected chi connectivity index (χ3v) is 6.61. The standard InChI is InChI=1S/C19H24N3OS2/c1-5-10-24-25-12-17-14(3)18(23-4)13(2)11-22(17)19-20-15-8-6-7-9-16(15)21-19/h6-9,11H,5,10,12H2,1-4H3,(H,20,21)/q+1. The molecule has 0 aliphatic heterocycles. The first kappa shape index (κ1) is 18.1. The van der Waals surface area contributed by atoms with Crippen LogP contribution in [0.25, 0.3) is 17.0 Å². The van der Waals surface area contributed by atoms with Gasteiger partial charge in [0.25, 0.3) is 0 Å². The van der Waals surface area contributed by atoms with Crippen LogP contribution in [0.5, 0.6) is 5.75 Å². The molecule has 1 N–H and O–H groups in total. The first-order valence-corrected chi connectivity index (χ1v) is 10.9. The molecule has 0 aliphatic carbocycles. The second kappa shape index (κ2) is 8.15. The lowest BCUT2D eigenvalue weighted by Gasteiger charge is -2.15. The second-order valence-electron chi connectivity index (χ2n) is 5.95.